The van der Waals surface area contributed by atoms with E-state index in [-0.39, 0.29) is 11.8 Å². The summed E-state index contributed by atoms with van der Waals surface area (Å²) in [6.07, 6.45) is 10.1. The van der Waals surface area contributed by atoms with Crippen LogP contribution in [-0.4, -0.2) is 50.4 Å². The van der Waals surface area contributed by atoms with Crippen LogP contribution in [0, 0.1) is 0 Å². The van der Waals surface area contributed by atoms with E-state index in [0.29, 0.717) is 12.8 Å². The van der Waals surface area contributed by atoms with Crippen LogP contribution < -0.4 is 20.7 Å². The van der Waals surface area contributed by atoms with Crippen LogP contribution in [0.5, 0.6) is 0 Å². The number of hydrogen-bond acceptors (Lipinski definition) is 6. The molecule has 0 aliphatic rings. The molecule has 0 fully saturated rings. The lowest BCUT2D eigenvalue weighted by Gasteiger charge is -2.20. The quantitative estimate of drug-likeness (QED) is 0.126. The fourth-order valence-corrected chi connectivity index (χ4v) is 4.47. The van der Waals surface area contributed by atoms with Gasteiger partial charge in [-0.25, -0.2) is 10.9 Å². The lowest BCUT2D eigenvalue weighted by Crippen LogP contribution is -2.21. The molecule has 0 radical (unpaired) electrons. The standard InChI is InChI=1S/C32H48N6O2/c1-5-37(6-2)29-21-17-27(18-22-29)25-33-35-31(39)15-13-11-9-10-12-14-16-32(40)36-34-26-28-19-23-30(24-20-28)38(7-3)8-4/h17-26H,5-16H2,1-4H3,(H,35,39)(H,36,40)/b33-25+,34-26+. The Kier molecular flexibility index (Phi) is 15.8. The number of benzene rings is 2. The van der Waals surface area contributed by atoms with Crippen LogP contribution in [0.25, 0.3) is 0 Å². The zero-order chi connectivity index (χ0) is 29.0. The van der Waals surface area contributed by atoms with Crippen molar-refractivity contribution in [1.82, 2.24) is 10.9 Å². The number of carbonyl (C=O) groups excluding carboxylic acids is 2. The van der Waals surface area contributed by atoms with Gasteiger partial charge in [-0.2, -0.15) is 10.2 Å². The molecule has 0 atom stereocenters. The van der Waals surface area contributed by atoms with Gasteiger partial charge in [-0.1, -0.05) is 49.9 Å². The monoisotopic (exact) mass is 548 g/mol. The highest BCUT2D eigenvalue weighted by Crippen LogP contribution is 2.15. The molecule has 8 nitrogen and oxygen atoms in total. The third-order valence-electron chi connectivity index (χ3n) is 6.91. The van der Waals surface area contributed by atoms with E-state index in [1.807, 2.05) is 24.3 Å². The first-order chi connectivity index (χ1) is 19.5. The summed E-state index contributed by atoms with van der Waals surface area (Å²) in [6, 6.07) is 16.3. The molecule has 40 heavy (non-hydrogen) atoms. The molecule has 0 aliphatic heterocycles. The molecule has 218 valence electrons. The van der Waals surface area contributed by atoms with E-state index in [1.165, 1.54) is 11.4 Å². The summed E-state index contributed by atoms with van der Waals surface area (Å²) in [7, 11) is 0. The van der Waals surface area contributed by atoms with E-state index in [1.54, 1.807) is 12.4 Å². The van der Waals surface area contributed by atoms with E-state index in [2.05, 4.69) is 82.8 Å². The molecule has 0 unspecified atom stereocenters. The SMILES string of the molecule is CCN(CC)c1ccc(/C=N/NC(=O)CCCCCCCCC(=O)N/N=C/c2ccc(N(CC)CC)cc2)cc1. The van der Waals surface area contributed by atoms with E-state index in [0.717, 1.165) is 75.8 Å². The van der Waals surface area contributed by atoms with Crippen LogP contribution in [0.2, 0.25) is 0 Å². The number of hydrazone groups is 2. The van der Waals surface area contributed by atoms with Crippen molar-refractivity contribution in [2.45, 2.75) is 79.1 Å². The minimum Gasteiger partial charge on any atom is -0.372 e. The second-order valence-electron chi connectivity index (χ2n) is 9.74. The minimum absolute atomic E-state index is 0.0620. The predicted molar refractivity (Wildman–Crippen MR) is 168 cm³/mol. The van der Waals surface area contributed by atoms with E-state index in [9.17, 15) is 9.59 Å². The highest BCUT2D eigenvalue weighted by Gasteiger charge is 2.03. The van der Waals surface area contributed by atoms with Crippen LogP contribution in [0.3, 0.4) is 0 Å². The van der Waals surface area contributed by atoms with Crippen LogP contribution in [-0.2, 0) is 9.59 Å². The average Bonchev–Trinajstić information content (AvgIpc) is 2.97. The normalized spacial score (nSPS) is 11.2. The molecule has 2 amide bonds. The van der Waals surface area contributed by atoms with Gasteiger partial charge in [0, 0.05) is 50.4 Å². The first-order valence-corrected chi connectivity index (χ1v) is 14.8. The maximum atomic E-state index is 12.0. The molecule has 2 N–H and O–H groups in total. The summed E-state index contributed by atoms with van der Waals surface area (Å²) < 4.78 is 0. The van der Waals surface area contributed by atoms with Crippen molar-refractivity contribution in [3.05, 3.63) is 59.7 Å². The lowest BCUT2D eigenvalue weighted by atomic mass is 10.1. The zero-order valence-corrected chi connectivity index (χ0v) is 24.9. The Morgan fingerprint density at radius 3 is 1.23 bits per heavy atom. The summed E-state index contributed by atoms with van der Waals surface area (Å²) in [5, 5.41) is 8.16. The van der Waals surface area contributed by atoms with Crippen molar-refractivity contribution in [3.63, 3.8) is 0 Å². The third kappa shape index (κ3) is 12.5. The smallest absolute Gasteiger partial charge is 0.240 e. The number of hydrogen-bond donors (Lipinski definition) is 2. The van der Waals surface area contributed by atoms with Crippen molar-refractivity contribution < 1.29 is 9.59 Å². The molecule has 2 aromatic rings. The second-order valence-corrected chi connectivity index (χ2v) is 9.74. The summed E-state index contributed by atoms with van der Waals surface area (Å²) in [6.45, 7) is 12.5. The average molecular weight is 549 g/mol. The number of carbonyl (C=O) groups is 2. The van der Waals surface area contributed by atoms with Crippen molar-refractivity contribution in [3.8, 4) is 0 Å². The minimum atomic E-state index is -0.0620. The molecule has 0 saturated heterocycles. The van der Waals surface area contributed by atoms with E-state index < -0.39 is 0 Å². The Hall–Kier alpha value is -3.68. The van der Waals surface area contributed by atoms with Crippen LogP contribution in [0.4, 0.5) is 11.4 Å². The molecule has 8 heteroatoms. The van der Waals surface area contributed by atoms with Crippen molar-refractivity contribution in [2.24, 2.45) is 10.2 Å². The maximum absolute atomic E-state index is 12.0. The Labute approximate surface area is 240 Å². The summed E-state index contributed by atoms with van der Waals surface area (Å²) in [4.78, 5) is 28.6. The largest absolute Gasteiger partial charge is 0.372 e. The van der Waals surface area contributed by atoms with Gasteiger partial charge < -0.3 is 9.80 Å². The molecular formula is C32H48N6O2. The predicted octanol–water partition coefficient (Wildman–Crippen LogP) is 6.10. The Morgan fingerprint density at radius 2 is 0.900 bits per heavy atom. The molecule has 0 heterocycles. The van der Waals surface area contributed by atoms with Crippen LogP contribution in [0.1, 0.15) is 90.2 Å². The molecule has 0 bridgehead atoms. The van der Waals surface area contributed by atoms with Gasteiger partial charge >= 0.3 is 0 Å². The summed E-state index contributed by atoms with van der Waals surface area (Å²) >= 11 is 0. The first kappa shape index (κ1) is 32.5. The molecule has 0 aliphatic carbocycles. The Balaban J connectivity index is 1.49. The van der Waals surface area contributed by atoms with Gasteiger partial charge in [-0.15, -0.1) is 0 Å². The van der Waals surface area contributed by atoms with Gasteiger partial charge in [0.2, 0.25) is 11.8 Å². The fourth-order valence-electron chi connectivity index (χ4n) is 4.47. The van der Waals surface area contributed by atoms with Gasteiger partial charge in [-0.3, -0.25) is 9.59 Å². The van der Waals surface area contributed by atoms with Gasteiger partial charge in [-0.05, 0) is 75.9 Å². The van der Waals surface area contributed by atoms with Crippen molar-refractivity contribution >= 4 is 35.6 Å². The van der Waals surface area contributed by atoms with Gasteiger partial charge in [0.15, 0.2) is 0 Å². The lowest BCUT2D eigenvalue weighted by molar-refractivity contribution is -0.122. The van der Waals surface area contributed by atoms with Crippen molar-refractivity contribution in [2.75, 3.05) is 36.0 Å². The molecule has 0 spiro atoms. The Bertz CT molecular complexity index is 957. The number of nitrogens with zero attached hydrogens (tertiary/aromatic N) is 4. The number of amides is 2. The fraction of sp³-hybridized carbons (Fsp3) is 0.500. The number of nitrogens with one attached hydrogen (secondary N) is 2. The topological polar surface area (TPSA) is 89.4 Å². The number of unbranched alkanes of at least 4 members (excludes halogenated alkanes) is 5. The van der Waals surface area contributed by atoms with E-state index in [4.69, 9.17) is 0 Å². The molecule has 2 rings (SSSR count). The highest BCUT2D eigenvalue weighted by molar-refractivity contribution is 5.83. The molecule has 0 aromatic heterocycles. The second kappa shape index (κ2) is 19.4. The van der Waals surface area contributed by atoms with Gasteiger partial charge in [0.05, 0.1) is 12.4 Å². The van der Waals surface area contributed by atoms with Crippen LogP contribution in [0.15, 0.2) is 58.7 Å². The van der Waals surface area contributed by atoms with Crippen molar-refractivity contribution in [1.29, 1.82) is 0 Å². The van der Waals surface area contributed by atoms with Gasteiger partial charge in [0.1, 0.15) is 0 Å². The highest BCUT2D eigenvalue weighted by atomic mass is 16.2. The van der Waals surface area contributed by atoms with Gasteiger partial charge in [0.25, 0.3) is 0 Å². The van der Waals surface area contributed by atoms with E-state index >= 15 is 0 Å². The zero-order valence-electron chi connectivity index (χ0n) is 24.9. The molecular weight excluding hydrogens is 500 g/mol. The summed E-state index contributed by atoms with van der Waals surface area (Å²) in [5.41, 5.74) is 9.52. The summed E-state index contributed by atoms with van der Waals surface area (Å²) in [5.74, 6) is -0.124. The maximum Gasteiger partial charge on any atom is 0.240 e. The number of anilines is 2. The number of rotatable bonds is 19. The molecule has 2 aromatic carbocycles. The Morgan fingerprint density at radius 1 is 0.575 bits per heavy atom. The first-order valence-electron chi connectivity index (χ1n) is 14.8. The molecule has 0 saturated carbocycles. The third-order valence-corrected chi connectivity index (χ3v) is 6.91. The van der Waals surface area contributed by atoms with Crippen LogP contribution >= 0.6 is 0 Å².